The average Bonchev–Trinajstić information content (AvgIpc) is 2.46. The number of carbonyl (C=O) groups is 2. The largest absolute Gasteiger partial charge is 0.460 e. The lowest BCUT2D eigenvalue weighted by Gasteiger charge is -2.28. The number of hydrogen-bond donors (Lipinski definition) is 2. The Labute approximate surface area is 137 Å². The van der Waals surface area contributed by atoms with E-state index in [4.69, 9.17) is 9.47 Å². The van der Waals surface area contributed by atoms with E-state index in [9.17, 15) is 9.59 Å². The van der Waals surface area contributed by atoms with Crippen LogP contribution in [-0.4, -0.2) is 32.3 Å². The number of esters is 1. The number of carbonyl (C=O) groups excluding carboxylic acids is 2. The molecule has 0 fully saturated rings. The van der Waals surface area contributed by atoms with Crippen LogP contribution in [0.15, 0.2) is 40.0 Å². The molecular formula is C15H17BrN2O4. The average molecular weight is 369 g/mol. The van der Waals surface area contributed by atoms with Crippen molar-refractivity contribution >= 4 is 27.9 Å². The Hall–Kier alpha value is -1.86. The number of urea groups is 1. The highest BCUT2D eigenvalue weighted by atomic mass is 79.9. The van der Waals surface area contributed by atoms with Crippen LogP contribution in [-0.2, 0) is 14.3 Å². The second-order valence-corrected chi connectivity index (χ2v) is 5.67. The van der Waals surface area contributed by atoms with Crippen molar-refractivity contribution in [2.45, 2.75) is 13.0 Å². The summed E-state index contributed by atoms with van der Waals surface area (Å²) in [4.78, 5) is 24.1. The number of hydrogen-bond acceptors (Lipinski definition) is 4. The van der Waals surface area contributed by atoms with E-state index in [1.54, 1.807) is 6.92 Å². The Morgan fingerprint density at radius 3 is 2.82 bits per heavy atom. The third kappa shape index (κ3) is 3.86. The molecule has 1 aromatic carbocycles. The molecule has 1 aromatic rings. The van der Waals surface area contributed by atoms with Gasteiger partial charge in [-0.3, -0.25) is 0 Å². The molecule has 0 bridgehead atoms. The molecule has 6 nitrogen and oxygen atoms in total. The highest BCUT2D eigenvalue weighted by Crippen LogP contribution is 2.29. The second-order valence-electron chi connectivity index (χ2n) is 4.75. The summed E-state index contributed by atoms with van der Waals surface area (Å²) < 4.78 is 10.9. The highest BCUT2D eigenvalue weighted by molar-refractivity contribution is 9.10. The van der Waals surface area contributed by atoms with Crippen molar-refractivity contribution in [3.05, 3.63) is 45.6 Å². The first-order valence-electron chi connectivity index (χ1n) is 6.72. The molecule has 2 rings (SSSR count). The van der Waals surface area contributed by atoms with Gasteiger partial charge in [-0.05, 0) is 24.6 Å². The van der Waals surface area contributed by atoms with Gasteiger partial charge in [0, 0.05) is 17.3 Å². The molecule has 0 aliphatic carbocycles. The lowest BCUT2D eigenvalue weighted by molar-refractivity contribution is -0.140. The van der Waals surface area contributed by atoms with Gasteiger partial charge in [0.1, 0.15) is 6.61 Å². The highest BCUT2D eigenvalue weighted by Gasteiger charge is 2.32. The molecule has 22 heavy (non-hydrogen) atoms. The predicted octanol–water partition coefficient (Wildman–Crippen LogP) is 2.27. The van der Waals surface area contributed by atoms with Crippen LogP contribution < -0.4 is 10.6 Å². The maximum absolute atomic E-state index is 12.3. The first kappa shape index (κ1) is 16.5. The van der Waals surface area contributed by atoms with Gasteiger partial charge in [-0.1, -0.05) is 28.1 Å². The number of amides is 2. The van der Waals surface area contributed by atoms with E-state index < -0.39 is 12.0 Å². The van der Waals surface area contributed by atoms with Crippen LogP contribution in [0.4, 0.5) is 4.79 Å². The normalized spacial score (nSPS) is 17.8. The number of allylic oxidation sites excluding steroid dienone is 1. The van der Waals surface area contributed by atoms with Crippen molar-refractivity contribution in [3.63, 3.8) is 0 Å². The maximum atomic E-state index is 12.3. The molecule has 2 N–H and O–H groups in total. The third-order valence-electron chi connectivity index (χ3n) is 3.19. The number of benzene rings is 1. The lowest BCUT2D eigenvalue weighted by Crippen LogP contribution is -2.45. The van der Waals surface area contributed by atoms with Gasteiger partial charge in [0.15, 0.2) is 0 Å². The molecule has 1 atom stereocenters. The van der Waals surface area contributed by atoms with E-state index in [0.29, 0.717) is 17.9 Å². The number of halogens is 1. The SMILES string of the molecule is COCCOC(=O)C1=C(C)NC(=O)N[C@H]1c1cccc(Br)c1. The van der Waals surface area contributed by atoms with Gasteiger partial charge in [0.05, 0.1) is 18.2 Å². The molecule has 1 heterocycles. The fourth-order valence-electron chi connectivity index (χ4n) is 2.20. The van der Waals surface area contributed by atoms with Crippen LogP contribution in [0.25, 0.3) is 0 Å². The van der Waals surface area contributed by atoms with Crippen LogP contribution in [0.2, 0.25) is 0 Å². The number of methoxy groups -OCH3 is 1. The van der Waals surface area contributed by atoms with Crippen LogP contribution in [0.1, 0.15) is 18.5 Å². The third-order valence-corrected chi connectivity index (χ3v) is 3.68. The fourth-order valence-corrected chi connectivity index (χ4v) is 2.61. The second kappa shape index (κ2) is 7.42. The quantitative estimate of drug-likeness (QED) is 0.617. The molecule has 0 radical (unpaired) electrons. The summed E-state index contributed by atoms with van der Waals surface area (Å²) in [7, 11) is 1.53. The first-order chi connectivity index (χ1) is 10.5. The van der Waals surface area contributed by atoms with Gasteiger partial charge in [0.25, 0.3) is 0 Å². The van der Waals surface area contributed by atoms with Crippen molar-refractivity contribution in [2.24, 2.45) is 0 Å². The lowest BCUT2D eigenvalue weighted by atomic mass is 9.96. The van der Waals surface area contributed by atoms with E-state index >= 15 is 0 Å². The first-order valence-corrected chi connectivity index (χ1v) is 7.52. The Balaban J connectivity index is 2.30. The number of rotatable bonds is 5. The van der Waals surface area contributed by atoms with E-state index in [1.807, 2.05) is 24.3 Å². The molecule has 2 amide bonds. The van der Waals surface area contributed by atoms with Crippen LogP contribution in [0, 0.1) is 0 Å². The standard InChI is InChI=1S/C15H17BrN2O4/c1-9-12(14(19)22-7-6-21-2)13(18-15(20)17-9)10-4-3-5-11(16)8-10/h3-5,8,13H,6-7H2,1-2H3,(H2,17,18,20)/t13-/m0/s1. The molecule has 1 aliphatic rings. The molecule has 118 valence electrons. The Morgan fingerprint density at radius 1 is 1.36 bits per heavy atom. The van der Waals surface area contributed by atoms with Crippen molar-refractivity contribution in [3.8, 4) is 0 Å². The fraction of sp³-hybridized carbons (Fsp3) is 0.333. The van der Waals surface area contributed by atoms with Gasteiger partial charge in [-0.25, -0.2) is 9.59 Å². The van der Waals surface area contributed by atoms with Gasteiger partial charge < -0.3 is 20.1 Å². The van der Waals surface area contributed by atoms with Gasteiger partial charge in [-0.15, -0.1) is 0 Å². The predicted molar refractivity (Wildman–Crippen MR) is 84.1 cm³/mol. The van der Waals surface area contributed by atoms with E-state index in [1.165, 1.54) is 7.11 Å². The molecule has 0 saturated carbocycles. The molecule has 7 heteroatoms. The zero-order valence-electron chi connectivity index (χ0n) is 12.3. The molecule has 0 aromatic heterocycles. The topological polar surface area (TPSA) is 76.7 Å². The minimum absolute atomic E-state index is 0.158. The zero-order valence-corrected chi connectivity index (χ0v) is 13.9. The smallest absolute Gasteiger partial charge is 0.338 e. The summed E-state index contributed by atoms with van der Waals surface area (Å²) in [5, 5.41) is 5.35. The molecule has 0 unspecified atom stereocenters. The monoisotopic (exact) mass is 368 g/mol. The van der Waals surface area contributed by atoms with E-state index in [-0.39, 0.29) is 12.6 Å². The van der Waals surface area contributed by atoms with Gasteiger partial charge in [-0.2, -0.15) is 0 Å². The van der Waals surface area contributed by atoms with Crippen LogP contribution >= 0.6 is 15.9 Å². The van der Waals surface area contributed by atoms with Crippen LogP contribution in [0.5, 0.6) is 0 Å². The maximum Gasteiger partial charge on any atom is 0.338 e. The van der Waals surface area contributed by atoms with Gasteiger partial charge >= 0.3 is 12.0 Å². The summed E-state index contributed by atoms with van der Waals surface area (Å²) >= 11 is 3.39. The minimum atomic E-state index is -0.554. The summed E-state index contributed by atoms with van der Waals surface area (Å²) in [5.41, 5.74) is 1.66. The van der Waals surface area contributed by atoms with E-state index in [2.05, 4.69) is 26.6 Å². The Bertz CT molecular complexity index is 615. The zero-order chi connectivity index (χ0) is 16.1. The van der Waals surface area contributed by atoms with Crippen molar-refractivity contribution in [2.75, 3.05) is 20.3 Å². The Kier molecular flexibility index (Phi) is 5.57. The molecular weight excluding hydrogens is 352 g/mol. The summed E-state index contributed by atoms with van der Waals surface area (Å²) in [5.74, 6) is -0.480. The van der Waals surface area contributed by atoms with Gasteiger partial charge in [0.2, 0.25) is 0 Å². The molecule has 0 saturated heterocycles. The Morgan fingerprint density at radius 2 is 2.14 bits per heavy atom. The van der Waals surface area contributed by atoms with Crippen LogP contribution in [0.3, 0.4) is 0 Å². The minimum Gasteiger partial charge on any atom is -0.460 e. The number of nitrogens with one attached hydrogen (secondary N) is 2. The van der Waals surface area contributed by atoms with Crippen molar-refractivity contribution < 1.29 is 19.1 Å². The molecule has 1 aliphatic heterocycles. The summed E-state index contributed by atoms with van der Waals surface area (Å²) in [6, 6.07) is 6.51. The summed E-state index contributed by atoms with van der Waals surface area (Å²) in [6.07, 6.45) is 0. The molecule has 0 spiro atoms. The van der Waals surface area contributed by atoms with Crippen molar-refractivity contribution in [1.29, 1.82) is 0 Å². The number of ether oxygens (including phenoxy) is 2. The van der Waals surface area contributed by atoms with E-state index in [0.717, 1.165) is 10.0 Å². The van der Waals surface area contributed by atoms with Crippen molar-refractivity contribution in [1.82, 2.24) is 10.6 Å². The summed E-state index contributed by atoms with van der Waals surface area (Å²) in [6.45, 7) is 2.15.